The zero-order valence-corrected chi connectivity index (χ0v) is 67.2. The van der Waals surface area contributed by atoms with E-state index in [1.54, 1.807) is 0 Å². The Hall–Kier alpha value is -9.30. The Bertz CT molecular complexity index is 3850. The van der Waals surface area contributed by atoms with E-state index in [-0.39, 0.29) is 59.3 Å². The molecule has 0 aliphatic rings. The summed E-state index contributed by atoms with van der Waals surface area (Å²) in [4.78, 5) is 0. The Labute approximate surface area is 647 Å². The van der Waals surface area contributed by atoms with Crippen molar-refractivity contribution in [3.8, 4) is 0 Å². The summed E-state index contributed by atoms with van der Waals surface area (Å²) in [5, 5.41) is 55.9. The Balaban J connectivity index is 0.000000348. The first-order valence-corrected chi connectivity index (χ1v) is 33.3. The van der Waals surface area contributed by atoms with E-state index < -0.39 is 29.0 Å². The Morgan fingerprint density at radius 3 is 0.255 bits per heavy atom. The third-order valence-electron chi connectivity index (χ3n) is 15.2. The summed E-state index contributed by atoms with van der Waals surface area (Å²) in [5.41, 5.74) is 24.9. The fourth-order valence-electron chi connectivity index (χ4n) is 11.8. The van der Waals surface area contributed by atoms with Crippen molar-refractivity contribution >= 4 is 29.0 Å². The molecule has 24 nitrogen and oxygen atoms in total. The van der Waals surface area contributed by atoms with Crippen molar-refractivity contribution in [2.75, 3.05) is 0 Å². The Kier molecular flexibility index (Phi) is 33.3. The van der Waals surface area contributed by atoms with Crippen LogP contribution in [0.2, 0.25) is 0 Å². The van der Waals surface area contributed by atoms with Crippen LogP contribution in [-0.4, -0.2) is 146 Å². The van der Waals surface area contributed by atoms with Crippen molar-refractivity contribution in [1.82, 2.24) is 117 Å². The molecule has 0 aliphatic carbocycles. The molecule has 110 heavy (non-hydrogen) atoms. The molecule has 0 atom stereocenters. The predicted octanol–water partition coefficient (Wildman–Crippen LogP) is 15.9. The first kappa shape index (κ1) is 94.9. The van der Waals surface area contributed by atoms with E-state index in [1.807, 2.05) is 139 Å². The minimum absolute atomic E-state index is 0. The molecule has 0 unspecified atom stereocenters. The topological polar surface area (TPSA) is 214 Å². The maximum Gasteiger partial charge on any atom is 2.00 e. The largest absolute Gasteiger partial charge is 2.00 e. The molecule has 46 heteroatoms. The van der Waals surface area contributed by atoms with Crippen molar-refractivity contribution < 1.29 is 103 Å². The number of halogens is 16. The fourth-order valence-corrected chi connectivity index (χ4v) is 11.8. The summed E-state index contributed by atoms with van der Waals surface area (Å²) in [6.07, 6.45) is -0.903. The van der Waals surface area contributed by atoms with Crippen LogP contribution in [0.1, 0.15) is 162 Å². The van der Waals surface area contributed by atoms with Gasteiger partial charge in [0, 0.05) is 68.3 Å². The zero-order chi connectivity index (χ0) is 82.1. The van der Waals surface area contributed by atoms with Crippen LogP contribution in [0.15, 0.2) is 72.8 Å². The van der Waals surface area contributed by atoms with E-state index in [4.69, 9.17) is 0 Å². The van der Waals surface area contributed by atoms with Gasteiger partial charge < -0.3 is 69.1 Å². The number of aromatic nitrogens is 24. The quantitative estimate of drug-likeness (QED) is 0.0825. The van der Waals surface area contributed by atoms with Crippen molar-refractivity contribution in [3.63, 3.8) is 0 Å². The van der Waals surface area contributed by atoms with E-state index >= 15 is 0 Å². The normalized spacial score (nSPS) is 11.5. The third-order valence-corrected chi connectivity index (χ3v) is 15.2. The van der Waals surface area contributed by atoms with Gasteiger partial charge in [0.05, 0.1) is 68.3 Å². The molecule has 0 N–H and O–H groups in total. The molecular weight excluding hydrogens is 1560 g/mol. The minimum Gasteiger partial charge on any atom is -0.418 e. The number of hydrogen-bond donors (Lipinski definition) is 0. The summed E-state index contributed by atoms with van der Waals surface area (Å²) in [6.45, 7) is 48.8. The molecule has 0 aliphatic heterocycles. The second kappa shape index (κ2) is 38.6. The molecule has 12 rings (SSSR count). The predicted molar refractivity (Wildman–Crippen MR) is 380 cm³/mol. The molecule has 0 saturated heterocycles. The van der Waals surface area contributed by atoms with E-state index in [9.17, 15) is 69.1 Å². The molecule has 604 valence electrons. The van der Waals surface area contributed by atoms with Gasteiger partial charge in [-0.3, -0.25) is 0 Å². The van der Waals surface area contributed by atoms with Crippen LogP contribution in [0, 0.1) is 166 Å². The summed E-state index contributed by atoms with van der Waals surface area (Å²) >= 11 is 0. The molecular formula is C64H88B4F16Fe2N24. The van der Waals surface area contributed by atoms with E-state index in [0.29, 0.717) is 0 Å². The Morgan fingerprint density at radius 2 is 0.218 bits per heavy atom. The molecule has 0 spiro atoms. The molecule has 12 aromatic heterocycles. The minimum atomic E-state index is -6.00. The number of hydrogen-bond acceptors (Lipinski definition) is 12. The van der Waals surface area contributed by atoms with Crippen LogP contribution in [0.5, 0.6) is 0 Å². The van der Waals surface area contributed by atoms with Crippen molar-refractivity contribution in [2.24, 2.45) is 0 Å². The summed E-state index contributed by atoms with van der Waals surface area (Å²) in [6, 6.07) is 24.9. The Morgan fingerprint density at radius 1 is 0.164 bits per heavy atom. The molecule has 0 fully saturated rings. The number of rotatable bonds is 12. The van der Waals surface area contributed by atoms with Gasteiger partial charge in [-0.1, -0.05) is 0 Å². The molecule has 0 bridgehead atoms. The van der Waals surface area contributed by atoms with Gasteiger partial charge in [0.1, 0.15) is 0 Å². The first-order valence-electron chi connectivity index (χ1n) is 33.3. The monoisotopic (exact) mass is 1650 g/mol. The molecule has 0 saturated carbocycles. The third kappa shape index (κ3) is 28.2. The SMILES string of the molecule is Cc1cc(C)n(C(n2nc(C)cc2C)n2nc(C)cc2C)n1.Cc1cc(C)n(C(n2nc(C)cc2C)n2nc(C)cc2C)n1.Cc1cc(C)n(C(n2nc(C)cc2C)n2nc(C)cc2C)n1.Cc1cc(C)n(C(n2nc(C)cc2C)n2nc(C)cc2C)n1.F[B-](F)(F)F.F[B-](F)(F)F.F[B-](F)(F)F.F[B-](F)(F)F.[Fe+2].[Fe+2]. The van der Waals surface area contributed by atoms with Gasteiger partial charge in [-0.2, -0.15) is 61.2 Å². The van der Waals surface area contributed by atoms with Crippen LogP contribution in [0.4, 0.5) is 69.1 Å². The van der Waals surface area contributed by atoms with Gasteiger partial charge in [0.25, 0.3) is 0 Å². The maximum absolute atomic E-state index is 9.75. The smallest absolute Gasteiger partial charge is 0.418 e. The van der Waals surface area contributed by atoms with Crippen LogP contribution in [-0.2, 0) is 34.1 Å². The van der Waals surface area contributed by atoms with E-state index in [1.165, 1.54) is 0 Å². The van der Waals surface area contributed by atoms with Crippen molar-refractivity contribution in [1.29, 1.82) is 0 Å². The van der Waals surface area contributed by atoms with Crippen molar-refractivity contribution in [3.05, 3.63) is 209 Å². The van der Waals surface area contributed by atoms with Gasteiger partial charge in [0.15, 0.2) is 0 Å². The van der Waals surface area contributed by atoms with Gasteiger partial charge in [-0.15, -0.1) is 0 Å². The summed E-state index contributed by atoms with van der Waals surface area (Å²) in [5.74, 6) is 0. The van der Waals surface area contributed by atoms with Crippen LogP contribution in [0.25, 0.3) is 0 Å². The summed E-state index contributed by atoms with van der Waals surface area (Å²) < 4.78 is 180. The van der Waals surface area contributed by atoms with Gasteiger partial charge in [-0.25, -0.2) is 56.2 Å². The number of aryl methyl sites for hydroxylation is 24. The van der Waals surface area contributed by atoms with E-state index in [2.05, 4.69) is 217 Å². The maximum atomic E-state index is 9.75. The van der Waals surface area contributed by atoms with Crippen LogP contribution >= 0.6 is 0 Å². The molecule has 12 aromatic rings. The average molecular weight is 1650 g/mol. The molecule has 0 radical (unpaired) electrons. The molecule has 0 amide bonds. The zero-order valence-electron chi connectivity index (χ0n) is 65.0. The number of nitrogens with zero attached hydrogens (tertiary/aromatic N) is 24. The fraction of sp³-hybridized carbons (Fsp3) is 0.438. The van der Waals surface area contributed by atoms with E-state index in [0.717, 1.165) is 137 Å². The molecule has 0 aromatic carbocycles. The van der Waals surface area contributed by atoms with Crippen LogP contribution < -0.4 is 0 Å². The first-order chi connectivity index (χ1) is 49.5. The second-order valence-electron chi connectivity index (χ2n) is 25.8. The summed E-state index contributed by atoms with van der Waals surface area (Å²) in [7, 11) is -24.0. The van der Waals surface area contributed by atoms with Gasteiger partial charge in [0.2, 0.25) is 25.2 Å². The van der Waals surface area contributed by atoms with Gasteiger partial charge in [-0.05, 0) is 239 Å². The van der Waals surface area contributed by atoms with Gasteiger partial charge >= 0.3 is 63.2 Å². The van der Waals surface area contributed by atoms with Crippen molar-refractivity contribution in [2.45, 2.75) is 191 Å². The average Bonchev–Trinajstić information content (AvgIpc) is 1.65. The molecule has 12 heterocycles. The standard InChI is InChI=1S/4C16H22N6.4BF4.2Fe/c4*1-10-7-13(4)20(17-10)16(21-14(5)8-11(2)18-21)22-15(6)9-12(3)19-22;4*2-1(3,4)5;;/h4*7-9,16H,1-6H3;;;;;;/q;;;;4*-1;2*+2. The van der Waals surface area contributed by atoms with Crippen LogP contribution in [0.3, 0.4) is 0 Å². The second-order valence-corrected chi connectivity index (χ2v) is 25.8.